The van der Waals surface area contributed by atoms with E-state index < -0.39 is 5.60 Å². The number of nitrogens with one attached hydrogen (secondary N) is 2. The minimum Gasteiger partial charge on any atom is -0.444 e. The van der Waals surface area contributed by atoms with Gasteiger partial charge in [0, 0.05) is 13.1 Å². The van der Waals surface area contributed by atoms with Crippen molar-refractivity contribution in [3.05, 3.63) is 12.2 Å². The molecular weight excluding hydrogens is 264 g/mol. The lowest BCUT2D eigenvalue weighted by Crippen LogP contribution is -2.32. The van der Waals surface area contributed by atoms with Crippen LogP contribution < -0.4 is 10.6 Å². The lowest BCUT2D eigenvalue weighted by Gasteiger charge is -2.21. The van der Waals surface area contributed by atoms with Gasteiger partial charge in [0.15, 0.2) is 0 Å². The highest BCUT2D eigenvalue weighted by atomic mass is 16.6. The number of hydrogen-bond acceptors (Lipinski definition) is 3. The Balaban J connectivity index is 1.94. The van der Waals surface area contributed by atoms with Crippen LogP contribution >= 0.6 is 0 Å². The quantitative estimate of drug-likeness (QED) is 0.557. The van der Waals surface area contributed by atoms with Crippen LogP contribution in [0.5, 0.6) is 0 Å². The van der Waals surface area contributed by atoms with Gasteiger partial charge in [-0.2, -0.15) is 0 Å². The van der Waals surface area contributed by atoms with Crippen molar-refractivity contribution in [1.29, 1.82) is 0 Å². The van der Waals surface area contributed by atoms with Crippen LogP contribution in [-0.2, 0) is 4.74 Å². The third-order valence-electron chi connectivity index (χ3n) is 3.65. The fourth-order valence-corrected chi connectivity index (χ4v) is 2.59. The number of amides is 1. The Morgan fingerprint density at radius 1 is 1.14 bits per heavy atom. The van der Waals surface area contributed by atoms with E-state index in [1.807, 2.05) is 26.8 Å². The molecule has 0 radical (unpaired) electrons. The Morgan fingerprint density at radius 3 is 2.48 bits per heavy atom. The fraction of sp³-hybridized carbons (Fsp3) is 0.824. The molecule has 0 atom stereocenters. The molecule has 0 spiro atoms. The largest absolute Gasteiger partial charge is 0.444 e. The Morgan fingerprint density at radius 2 is 1.81 bits per heavy atom. The predicted molar refractivity (Wildman–Crippen MR) is 87.4 cm³/mol. The molecule has 0 aromatic rings. The van der Waals surface area contributed by atoms with Crippen LogP contribution in [0.4, 0.5) is 4.79 Å². The number of carbonyl (C=O) groups excluding carboxylic acids is 1. The van der Waals surface area contributed by atoms with Crippen LogP contribution in [0.1, 0.15) is 59.3 Å². The van der Waals surface area contributed by atoms with Crippen molar-refractivity contribution in [2.45, 2.75) is 64.9 Å². The summed E-state index contributed by atoms with van der Waals surface area (Å²) < 4.78 is 5.15. The van der Waals surface area contributed by atoms with Crippen molar-refractivity contribution in [2.75, 3.05) is 19.6 Å². The number of hydrogen-bond donors (Lipinski definition) is 2. The molecular formula is C17H32N2O2. The normalized spacial score (nSPS) is 17.1. The molecule has 0 saturated heterocycles. The third kappa shape index (κ3) is 10.4. The number of alkyl carbamates (subject to hydrolysis) is 1. The first-order valence-corrected chi connectivity index (χ1v) is 8.30. The van der Waals surface area contributed by atoms with Crippen LogP contribution in [0.3, 0.4) is 0 Å². The van der Waals surface area contributed by atoms with E-state index in [9.17, 15) is 4.79 Å². The molecule has 1 aliphatic rings. The summed E-state index contributed by atoms with van der Waals surface area (Å²) in [7, 11) is 0. The van der Waals surface area contributed by atoms with Crippen LogP contribution in [0.15, 0.2) is 12.2 Å². The van der Waals surface area contributed by atoms with E-state index >= 15 is 0 Å². The molecule has 2 N–H and O–H groups in total. The molecule has 0 aliphatic heterocycles. The predicted octanol–water partition coefficient (Wildman–Crippen LogP) is 3.63. The summed E-state index contributed by atoms with van der Waals surface area (Å²) in [6.07, 6.45) is 12.0. The lowest BCUT2D eigenvalue weighted by molar-refractivity contribution is 0.0534. The van der Waals surface area contributed by atoms with Gasteiger partial charge in [0.25, 0.3) is 0 Å². The monoisotopic (exact) mass is 296 g/mol. The highest BCUT2D eigenvalue weighted by Gasteiger charge is 2.15. The first kappa shape index (κ1) is 18.0. The Bertz CT molecular complexity index is 315. The van der Waals surface area contributed by atoms with Gasteiger partial charge >= 0.3 is 6.09 Å². The summed E-state index contributed by atoms with van der Waals surface area (Å²) in [6.45, 7) is 8.05. The minimum atomic E-state index is -0.436. The zero-order chi connectivity index (χ0) is 15.6. The number of ether oxygens (including phenoxy) is 1. The molecule has 1 amide bonds. The molecule has 0 aromatic carbocycles. The number of rotatable bonds is 7. The first-order chi connectivity index (χ1) is 9.97. The summed E-state index contributed by atoms with van der Waals surface area (Å²) in [5, 5.41) is 6.13. The van der Waals surface area contributed by atoms with Crippen molar-refractivity contribution in [3.63, 3.8) is 0 Å². The average molecular weight is 296 g/mol. The number of carbonyl (C=O) groups is 1. The van der Waals surface area contributed by atoms with Crippen LogP contribution in [0.25, 0.3) is 0 Å². The molecule has 1 aliphatic carbocycles. The van der Waals surface area contributed by atoms with Gasteiger partial charge in [-0.15, -0.1) is 0 Å². The maximum atomic E-state index is 11.4. The zero-order valence-electron chi connectivity index (χ0n) is 13.9. The highest BCUT2D eigenvalue weighted by Crippen LogP contribution is 2.25. The molecule has 1 saturated carbocycles. The molecule has 4 nitrogen and oxygen atoms in total. The van der Waals surface area contributed by atoms with Gasteiger partial charge in [-0.05, 0) is 39.7 Å². The van der Waals surface area contributed by atoms with Crippen LogP contribution in [0.2, 0.25) is 0 Å². The molecule has 0 aromatic heterocycles. The summed E-state index contributed by atoms with van der Waals surface area (Å²) in [5.41, 5.74) is -0.436. The summed E-state index contributed by atoms with van der Waals surface area (Å²) in [6, 6.07) is 0. The van der Waals surface area contributed by atoms with Gasteiger partial charge < -0.3 is 15.4 Å². The molecule has 1 rings (SSSR count). The summed E-state index contributed by atoms with van der Waals surface area (Å²) in [5.74, 6) is 0.934. The topological polar surface area (TPSA) is 50.4 Å². The maximum Gasteiger partial charge on any atom is 0.407 e. The van der Waals surface area contributed by atoms with E-state index in [0.29, 0.717) is 6.54 Å². The van der Waals surface area contributed by atoms with E-state index in [4.69, 9.17) is 4.74 Å². The van der Waals surface area contributed by atoms with E-state index in [2.05, 4.69) is 16.7 Å². The second kappa shape index (κ2) is 9.82. The Kier molecular flexibility index (Phi) is 8.43. The molecule has 0 heterocycles. The van der Waals surface area contributed by atoms with Gasteiger partial charge in [-0.25, -0.2) is 4.79 Å². The second-order valence-electron chi connectivity index (χ2n) is 6.85. The van der Waals surface area contributed by atoms with Gasteiger partial charge in [0.2, 0.25) is 0 Å². The third-order valence-corrected chi connectivity index (χ3v) is 3.65. The van der Waals surface area contributed by atoms with Gasteiger partial charge in [0.05, 0.1) is 0 Å². The highest BCUT2D eigenvalue weighted by molar-refractivity contribution is 5.67. The molecule has 0 bridgehead atoms. The smallest absolute Gasteiger partial charge is 0.407 e. The average Bonchev–Trinajstić information content (AvgIpc) is 2.41. The van der Waals surface area contributed by atoms with Gasteiger partial charge in [-0.1, -0.05) is 44.3 Å². The minimum absolute atomic E-state index is 0.364. The van der Waals surface area contributed by atoms with Crippen molar-refractivity contribution in [3.8, 4) is 0 Å². The fourth-order valence-electron chi connectivity index (χ4n) is 2.59. The first-order valence-electron chi connectivity index (χ1n) is 8.30. The van der Waals surface area contributed by atoms with Crippen LogP contribution in [0, 0.1) is 5.92 Å². The Hall–Kier alpha value is -1.03. The molecule has 21 heavy (non-hydrogen) atoms. The Labute approximate surface area is 129 Å². The SMILES string of the molecule is CC(C)(C)OC(=O)NC/C=C/CNCCC1CCCCC1. The molecule has 4 heteroatoms. The molecule has 1 fully saturated rings. The van der Waals surface area contributed by atoms with E-state index in [1.165, 1.54) is 38.5 Å². The standard InChI is InChI=1S/C17H32N2O2/c1-17(2,3)21-16(20)19-13-8-7-12-18-14-11-15-9-5-4-6-10-15/h7-8,15,18H,4-6,9-14H2,1-3H3,(H,19,20)/b8-7+. The maximum absolute atomic E-state index is 11.4. The molecule has 0 unspecified atom stereocenters. The van der Waals surface area contributed by atoms with Gasteiger partial charge in [-0.3, -0.25) is 0 Å². The van der Waals surface area contributed by atoms with Crippen molar-refractivity contribution in [2.24, 2.45) is 5.92 Å². The summed E-state index contributed by atoms with van der Waals surface area (Å²) in [4.78, 5) is 11.4. The zero-order valence-corrected chi connectivity index (χ0v) is 13.9. The van der Waals surface area contributed by atoms with Crippen molar-refractivity contribution >= 4 is 6.09 Å². The summed E-state index contributed by atoms with van der Waals surface area (Å²) >= 11 is 0. The van der Waals surface area contributed by atoms with E-state index in [1.54, 1.807) is 0 Å². The lowest BCUT2D eigenvalue weighted by atomic mass is 9.87. The molecule has 122 valence electrons. The second-order valence-corrected chi connectivity index (χ2v) is 6.85. The van der Waals surface area contributed by atoms with Crippen molar-refractivity contribution in [1.82, 2.24) is 10.6 Å². The van der Waals surface area contributed by atoms with Crippen molar-refractivity contribution < 1.29 is 9.53 Å². The van der Waals surface area contributed by atoms with E-state index in [-0.39, 0.29) is 6.09 Å². The van der Waals surface area contributed by atoms with E-state index in [0.717, 1.165) is 19.0 Å². The van der Waals surface area contributed by atoms with Gasteiger partial charge in [0.1, 0.15) is 5.60 Å². The van der Waals surface area contributed by atoms with Crippen LogP contribution in [-0.4, -0.2) is 31.3 Å².